The summed E-state index contributed by atoms with van der Waals surface area (Å²) >= 11 is 1.70. The number of thiazole rings is 1. The lowest BCUT2D eigenvalue weighted by Gasteiger charge is -2.18. The van der Waals surface area contributed by atoms with E-state index in [1.807, 2.05) is 18.3 Å². The molecule has 0 bridgehead atoms. The van der Waals surface area contributed by atoms with Crippen LogP contribution < -0.4 is 15.4 Å². The Morgan fingerprint density at radius 2 is 1.89 bits per heavy atom. The molecule has 0 atom stereocenters. The Hall–Kier alpha value is -2.12. The van der Waals surface area contributed by atoms with E-state index in [9.17, 15) is 0 Å². The zero-order chi connectivity index (χ0) is 20.2. The van der Waals surface area contributed by atoms with Gasteiger partial charge in [-0.1, -0.05) is 26.0 Å². The topological polar surface area (TPSA) is 61.8 Å². The molecule has 2 rings (SSSR count). The Morgan fingerprint density at radius 1 is 1.14 bits per heavy atom. The van der Waals surface area contributed by atoms with Crippen molar-refractivity contribution in [2.75, 3.05) is 32.8 Å². The zero-order valence-electron chi connectivity index (χ0n) is 17.5. The lowest BCUT2D eigenvalue weighted by molar-refractivity contribution is 0.223. The number of benzene rings is 1. The first-order chi connectivity index (χ1) is 13.6. The van der Waals surface area contributed by atoms with E-state index in [-0.39, 0.29) is 0 Å². The van der Waals surface area contributed by atoms with E-state index in [0.29, 0.717) is 19.7 Å². The first-order valence-corrected chi connectivity index (χ1v) is 10.8. The first-order valence-electron chi connectivity index (χ1n) is 10.0. The molecule has 2 N–H and O–H groups in total. The monoisotopic (exact) mass is 403 g/mol. The predicted molar refractivity (Wildman–Crippen MR) is 118 cm³/mol. The third-order valence-electron chi connectivity index (χ3n) is 4.33. The maximum absolute atomic E-state index is 5.84. The zero-order valence-corrected chi connectivity index (χ0v) is 18.3. The standard InChI is InChI=1S/C21H33N5OS/c1-5-22-21(25-16-20-23-14-17(4)28-20)24-15-18-8-10-19(11-9-18)27-13-12-26(6-2)7-3/h8-11,14H,5-7,12-13,15-16H2,1-4H3,(H2,22,24,25). The van der Waals surface area contributed by atoms with Gasteiger partial charge in [0.1, 0.15) is 17.4 Å². The van der Waals surface area contributed by atoms with E-state index < -0.39 is 0 Å². The highest BCUT2D eigenvalue weighted by Crippen LogP contribution is 2.13. The van der Waals surface area contributed by atoms with Gasteiger partial charge in [-0.05, 0) is 44.6 Å². The van der Waals surface area contributed by atoms with Crippen molar-refractivity contribution in [3.05, 3.63) is 45.9 Å². The molecule has 0 aliphatic rings. The maximum atomic E-state index is 5.84. The van der Waals surface area contributed by atoms with Crippen LogP contribution in [0.2, 0.25) is 0 Å². The van der Waals surface area contributed by atoms with E-state index in [2.05, 4.69) is 65.3 Å². The molecule has 1 heterocycles. The summed E-state index contributed by atoms with van der Waals surface area (Å²) in [6.07, 6.45) is 1.90. The molecule has 2 aromatic rings. The quantitative estimate of drug-likeness (QED) is 0.445. The van der Waals surface area contributed by atoms with Gasteiger partial charge in [-0.2, -0.15) is 0 Å². The average Bonchev–Trinajstić information content (AvgIpc) is 3.13. The van der Waals surface area contributed by atoms with Crippen molar-refractivity contribution >= 4 is 17.3 Å². The number of hydrogen-bond donors (Lipinski definition) is 2. The Morgan fingerprint density at radius 3 is 2.50 bits per heavy atom. The van der Waals surface area contributed by atoms with Crippen LogP contribution in [0.3, 0.4) is 0 Å². The van der Waals surface area contributed by atoms with Crippen LogP contribution in [-0.4, -0.2) is 48.6 Å². The Balaban J connectivity index is 1.82. The second kappa shape index (κ2) is 12.4. The van der Waals surface area contributed by atoms with Gasteiger partial charge in [-0.25, -0.2) is 9.98 Å². The highest BCUT2D eigenvalue weighted by atomic mass is 32.1. The first kappa shape index (κ1) is 22.2. The van der Waals surface area contributed by atoms with Gasteiger partial charge in [-0.15, -0.1) is 11.3 Å². The highest BCUT2D eigenvalue weighted by Gasteiger charge is 2.03. The van der Waals surface area contributed by atoms with Gasteiger partial charge in [-0.3, -0.25) is 0 Å². The van der Waals surface area contributed by atoms with Crippen LogP contribution in [0, 0.1) is 6.92 Å². The smallest absolute Gasteiger partial charge is 0.191 e. The van der Waals surface area contributed by atoms with Gasteiger partial charge in [0.25, 0.3) is 0 Å². The number of rotatable bonds is 11. The minimum absolute atomic E-state index is 0.617. The predicted octanol–water partition coefficient (Wildman–Crippen LogP) is 3.43. The van der Waals surface area contributed by atoms with Crippen molar-refractivity contribution in [3.63, 3.8) is 0 Å². The molecule has 0 fully saturated rings. The summed E-state index contributed by atoms with van der Waals surface area (Å²) in [5, 5.41) is 7.68. The fourth-order valence-electron chi connectivity index (χ4n) is 2.68. The molecule has 0 aliphatic carbocycles. The number of likely N-dealkylation sites (N-methyl/N-ethyl adjacent to an activating group) is 1. The Kier molecular flexibility index (Phi) is 9.79. The molecule has 7 heteroatoms. The van der Waals surface area contributed by atoms with Crippen LogP contribution in [0.15, 0.2) is 35.5 Å². The fourth-order valence-corrected chi connectivity index (χ4v) is 3.40. The van der Waals surface area contributed by atoms with E-state index in [4.69, 9.17) is 4.74 Å². The Labute approximate surface area is 173 Å². The number of hydrogen-bond acceptors (Lipinski definition) is 5. The number of aromatic nitrogens is 1. The van der Waals surface area contributed by atoms with Crippen molar-refractivity contribution < 1.29 is 4.74 Å². The van der Waals surface area contributed by atoms with Gasteiger partial charge in [0.05, 0.1) is 13.1 Å². The molecule has 0 amide bonds. The Bertz CT molecular complexity index is 710. The summed E-state index contributed by atoms with van der Waals surface area (Å²) in [4.78, 5) is 12.6. The van der Waals surface area contributed by atoms with Crippen molar-refractivity contribution in [2.24, 2.45) is 4.99 Å². The summed E-state index contributed by atoms with van der Waals surface area (Å²) in [5.41, 5.74) is 1.15. The third-order valence-corrected chi connectivity index (χ3v) is 5.25. The summed E-state index contributed by atoms with van der Waals surface area (Å²) in [6.45, 7) is 14.4. The fraction of sp³-hybridized carbons (Fsp3) is 0.524. The van der Waals surface area contributed by atoms with Crippen LogP contribution >= 0.6 is 11.3 Å². The molecular formula is C21H33N5OS. The number of guanidine groups is 1. The molecule has 1 aromatic heterocycles. The van der Waals surface area contributed by atoms with Gasteiger partial charge in [0, 0.05) is 24.2 Å². The molecule has 0 unspecified atom stereocenters. The van der Waals surface area contributed by atoms with Crippen LogP contribution in [0.5, 0.6) is 5.75 Å². The van der Waals surface area contributed by atoms with Gasteiger partial charge in [0.2, 0.25) is 0 Å². The van der Waals surface area contributed by atoms with E-state index in [1.165, 1.54) is 4.88 Å². The molecule has 28 heavy (non-hydrogen) atoms. The van der Waals surface area contributed by atoms with Crippen molar-refractivity contribution in [3.8, 4) is 5.75 Å². The van der Waals surface area contributed by atoms with E-state index in [0.717, 1.165) is 48.5 Å². The summed E-state index contributed by atoms with van der Waals surface area (Å²) in [5.74, 6) is 1.71. The third kappa shape index (κ3) is 7.86. The highest BCUT2D eigenvalue weighted by molar-refractivity contribution is 7.11. The van der Waals surface area contributed by atoms with E-state index in [1.54, 1.807) is 11.3 Å². The number of aliphatic imine (C=N–C) groups is 1. The number of aryl methyl sites for hydroxylation is 1. The minimum Gasteiger partial charge on any atom is -0.492 e. The lowest BCUT2D eigenvalue weighted by Crippen LogP contribution is -2.36. The second-order valence-electron chi connectivity index (χ2n) is 6.43. The lowest BCUT2D eigenvalue weighted by atomic mass is 10.2. The number of ether oxygens (including phenoxy) is 1. The molecule has 1 aromatic carbocycles. The van der Waals surface area contributed by atoms with Gasteiger partial charge in [0.15, 0.2) is 5.96 Å². The van der Waals surface area contributed by atoms with Crippen LogP contribution in [0.25, 0.3) is 0 Å². The van der Waals surface area contributed by atoms with E-state index >= 15 is 0 Å². The summed E-state index contributed by atoms with van der Waals surface area (Å²) < 4.78 is 5.84. The molecule has 154 valence electrons. The van der Waals surface area contributed by atoms with Crippen molar-refractivity contribution in [1.82, 2.24) is 20.5 Å². The van der Waals surface area contributed by atoms with Gasteiger partial charge < -0.3 is 20.3 Å². The summed E-state index contributed by atoms with van der Waals surface area (Å²) in [6, 6.07) is 8.19. The molecular weight excluding hydrogens is 370 g/mol. The number of nitrogens with zero attached hydrogens (tertiary/aromatic N) is 3. The molecule has 0 spiro atoms. The SMILES string of the molecule is CCNC(=NCc1ccc(OCCN(CC)CC)cc1)NCc1ncc(C)s1. The number of nitrogens with one attached hydrogen (secondary N) is 2. The average molecular weight is 404 g/mol. The molecule has 6 nitrogen and oxygen atoms in total. The maximum Gasteiger partial charge on any atom is 0.191 e. The molecule has 0 saturated heterocycles. The van der Waals surface area contributed by atoms with Crippen LogP contribution in [0.1, 0.15) is 36.2 Å². The van der Waals surface area contributed by atoms with Crippen LogP contribution in [-0.2, 0) is 13.1 Å². The largest absolute Gasteiger partial charge is 0.492 e. The molecule has 0 saturated carbocycles. The molecule has 0 aliphatic heterocycles. The van der Waals surface area contributed by atoms with Crippen molar-refractivity contribution in [2.45, 2.75) is 40.8 Å². The summed E-state index contributed by atoms with van der Waals surface area (Å²) in [7, 11) is 0. The normalized spacial score (nSPS) is 11.7. The minimum atomic E-state index is 0.617. The van der Waals surface area contributed by atoms with Crippen molar-refractivity contribution in [1.29, 1.82) is 0 Å². The second-order valence-corrected chi connectivity index (χ2v) is 7.75. The van der Waals surface area contributed by atoms with Gasteiger partial charge >= 0.3 is 0 Å². The van der Waals surface area contributed by atoms with Crippen LogP contribution in [0.4, 0.5) is 0 Å². The molecule has 0 radical (unpaired) electrons.